The molecule has 0 aliphatic carbocycles. The van der Waals surface area contributed by atoms with Crippen LogP contribution in [0, 0.1) is 13.8 Å². The number of aliphatic imine (C=N–C) groups is 1. The maximum absolute atomic E-state index is 6.17. The fraction of sp³-hybridized carbons (Fsp3) is 0.412. The van der Waals surface area contributed by atoms with Crippen LogP contribution in [0.5, 0.6) is 0 Å². The van der Waals surface area contributed by atoms with Crippen LogP contribution in [0.4, 0.5) is 0 Å². The molecule has 2 rings (SSSR count). The molecule has 0 amide bonds. The molecule has 0 saturated heterocycles. The summed E-state index contributed by atoms with van der Waals surface area (Å²) >= 11 is 12.1. The van der Waals surface area contributed by atoms with Crippen LogP contribution in [0.25, 0.3) is 0 Å². The number of aromatic nitrogens is 2. The minimum Gasteiger partial charge on any atom is -0.356 e. The molecule has 0 spiro atoms. The molecule has 0 radical (unpaired) electrons. The number of benzene rings is 1. The molecule has 1 aromatic carbocycles. The summed E-state index contributed by atoms with van der Waals surface area (Å²) in [6, 6.07) is 7.57. The van der Waals surface area contributed by atoms with Gasteiger partial charge in [-0.3, -0.25) is 9.67 Å². The Labute approximate surface area is 153 Å². The van der Waals surface area contributed by atoms with Crippen molar-refractivity contribution < 1.29 is 0 Å². The average molecular weight is 368 g/mol. The van der Waals surface area contributed by atoms with Crippen LogP contribution in [0.2, 0.25) is 10.0 Å². The van der Waals surface area contributed by atoms with Crippen LogP contribution in [0.15, 0.2) is 29.3 Å². The summed E-state index contributed by atoms with van der Waals surface area (Å²) in [5.74, 6) is 0.745. The van der Waals surface area contributed by atoms with Gasteiger partial charge in [0.15, 0.2) is 5.96 Å². The van der Waals surface area contributed by atoms with Gasteiger partial charge in [-0.25, -0.2) is 0 Å². The highest BCUT2D eigenvalue weighted by Gasteiger charge is 2.04. The Kier molecular flexibility index (Phi) is 6.94. The topological polar surface area (TPSA) is 54.2 Å². The summed E-state index contributed by atoms with van der Waals surface area (Å²) in [6.45, 7) is 6.37. The van der Waals surface area contributed by atoms with Gasteiger partial charge in [-0.15, -0.1) is 0 Å². The zero-order valence-electron chi connectivity index (χ0n) is 14.2. The SMILES string of the molecule is CN=C(NCCCn1nc(C)cc1C)NCc1ccc(Cl)cc1Cl. The fourth-order valence-electron chi connectivity index (χ4n) is 2.40. The van der Waals surface area contributed by atoms with Crippen LogP contribution >= 0.6 is 23.2 Å². The largest absolute Gasteiger partial charge is 0.356 e. The lowest BCUT2D eigenvalue weighted by Crippen LogP contribution is -2.37. The van der Waals surface area contributed by atoms with Gasteiger partial charge < -0.3 is 10.6 Å². The first-order valence-electron chi connectivity index (χ1n) is 7.89. The normalized spacial score (nSPS) is 11.6. The third-order valence-corrected chi connectivity index (χ3v) is 4.21. The van der Waals surface area contributed by atoms with Crippen LogP contribution in [-0.4, -0.2) is 29.3 Å². The molecule has 0 atom stereocenters. The van der Waals surface area contributed by atoms with Gasteiger partial charge in [-0.1, -0.05) is 29.3 Å². The Morgan fingerprint density at radius 1 is 1.21 bits per heavy atom. The van der Waals surface area contributed by atoms with Crippen LogP contribution in [0.3, 0.4) is 0 Å². The Balaban J connectivity index is 1.75. The molecule has 1 heterocycles. The number of hydrogen-bond donors (Lipinski definition) is 2. The molecule has 5 nitrogen and oxygen atoms in total. The standard InChI is InChI=1S/C17H23Cl2N5/c1-12-9-13(2)24(23-12)8-4-7-21-17(20-3)22-11-14-5-6-15(18)10-16(14)19/h5-6,9-10H,4,7-8,11H2,1-3H3,(H2,20,21,22). The molecule has 0 bridgehead atoms. The molecular formula is C17H23Cl2N5. The molecule has 7 heteroatoms. The van der Waals surface area contributed by atoms with Crippen molar-refractivity contribution in [3.05, 3.63) is 51.3 Å². The van der Waals surface area contributed by atoms with Crippen molar-refractivity contribution in [1.82, 2.24) is 20.4 Å². The highest BCUT2D eigenvalue weighted by atomic mass is 35.5. The number of guanidine groups is 1. The van der Waals surface area contributed by atoms with E-state index < -0.39 is 0 Å². The summed E-state index contributed by atoms with van der Waals surface area (Å²) in [5.41, 5.74) is 3.22. The van der Waals surface area contributed by atoms with Gasteiger partial charge in [0.2, 0.25) is 0 Å². The lowest BCUT2D eigenvalue weighted by molar-refractivity contribution is 0.555. The summed E-state index contributed by atoms with van der Waals surface area (Å²) < 4.78 is 2.03. The minimum absolute atomic E-state index is 0.590. The average Bonchev–Trinajstić information content (AvgIpc) is 2.86. The molecular weight excluding hydrogens is 345 g/mol. The van der Waals surface area contributed by atoms with E-state index in [0.717, 1.165) is 36.7 Å². The Morgan fingerprint density at radius 3 is 2.62 bits per heavy atom. The third kappa shape index (κ3) is 5.42. The number of halogens is 2. The number of hydrogen-bond acceptors (Lipinski definition) is 2. The predicted molar refractivity (Wildman–Crippen MR) is 101 cm³/mol. The number of rotatable bonds is 6. The van der Waals surface area contributed by atoms with Crippen molar-refractivity contribution in [3.8, 4) is 0 Å². The molecule has 0 fully saturated rings. The van der Waals surface area contributed by atoms with Crippen LogP contribution < -0.4 is 10.6 Å². The van der Waals surface area contributed by atoms with Crippen LogP contribution in [0.1, 0.15) is 23.4 Å². The van der Waals surface area contributed by atoms with E-state index in [1.54, 1.807) is 13.1 Å². The maximum Gasteiger partial charge on any atom is 0.191 e. The number of nitrogens with zero attached hydrogens (tertiary/aromatic N) is 3. The van der Waals surface area contributed by atoms with Crippen molar-refractivity contribution in [1.29, 1.82) is 0 Å². The highest BCUT2D eigenvalue weighted by Crippen LogP contribution is 2.20. The summed E-state index contributed by atoms with van der Waals surface area (Å²) in [4.78, 5) is 4.22. The second-order valence-electron chi connectivity index (χ2n) is 5.59. The molecule has 24 heavy (non-hydrogen) atoms. The summed E-state index contributed by atoms with van der Waals surface area (Å²) in [7, 11) is 1.75. The Bertz CT molecular complexity index is 709. The van der Waals surface area contributed by atoms with E-state index in [9.17, 15) is 0 Å². The van der Waals surface area contributed by atoms with E-state index in [1.807, 2.05) is 23.7 Å². The van der Waals surface area contributed by atoms with E-state index in [0.29, 0.717) is 16.6 Å². The second-order valence-corrected chi connectivity index (χ2v) is 6.44. The van der Waals surface area contributed by atoms with Crippen LogP contribution in [-0.2, 0) is 13.1 Å². The number of aryl methyl sites for hydroxylation is 3. The monoisotopic (exact) mass is 367 g/mol. The first-order chi connectivity index (χ1) is 11.5. The van der Waals surface area contributed by atoms with Gasteiger partial charge >= 0.3 is 0 Å². The molecule has 0 unspecified atom stereocenters. The molecule has 0 aliphatic rings. The third-order valence-electron chi connectivity index (χ3n) is 3.63. The van der Waals surface area contributed by atoms with E-state index in [4.69, 9.17) is 23.2 Å². The lowest BCUT2D eigenvalue weighted by Gasteiger charge is -2.13. The molecule has 0 saturated carbocycles. The van der Waals surface area contributed by atoms with Crippen molar-refractivity contribution >= 4 is 29.2 Å². The van der Waals surface area contributed by atoms with Gasteiger partial charge in [0.05, 0.1) is 5.69 Å². The molecule has 0 aliphatic heterocycles. The summed E-state index contributed by atoms with van der Waals surface area (Å²) in [5, 5.41) is 12.3. The first-order valence-corrected chi connectivity index (χ1v) is 8.64. The van der Waals surface area contributed by atoms with Gasteiger partial charge in [0.1, 0.15) is 0 Å². The van der Waals surface area contributed by atoms with E-state index in [-0.39, 0.29) is 0 Å². The minimum atomic E-state index is 0.590. The quantitative estimate of drug-likeness (QED) is 0.466. The zero-order valence-corrected chi connectivity index (χ0v) is 15.7. The van der Waals surface area contributed by atoms with Crippen molar-refractivity contribution in [2.45, 2.75) is 33.4 Å². The molecule has 130 valence electrons. The van der Waals surface area contributed by atoms with Crippen molar-refractivity contribution in [2.75, 3.05) is 13.6 Å². The Hall–Kier alpha value is -1.72. The van der Waals surface area contributed by atoms with Gasteiger partial charge in [-0.05, 0) is 44.0 Å². The number of nitrogens with one attached hydrogen (secondary N) is 2. The molecule has 1 aromatic heterocycles. The lowest BCUT2D eigenvalue weighted by atomic mass is 10.2. The predicted octanol–water partition coefficient (Wildman–Crippen LogP) is 3.56. The highest BCUT2D eigenvalue weighted by molar-refractivity contribution is 6.35. The van der Waals surface area contributed by atoms with Gasteiger partial charge in [0.25, 0.3) is 0 Å². The van der Waals surface area contributed by atoms with E-state index in [2.05, 4.69) is 33.7 Å². The van der Waals surface area contributed by atoms with E-state index >= 15 is 0 Å². The summed E-state index contributed by atoms with van der Waals surface area (Å²) in [6.07, 6.45) is 0.963. The van der Waals surface area contributed by atoms with E-state index in [1.165, 1.54) is 5.69 Å². The molecule has 2 N–H and O–H groups in total. The Morgan fingerprint density at radius 2 is 2.00 bits per heavy atom. The van der Waals surface area contributed by atoms with Gasteiger partial charge in [0, 0.05) is 42.4 Å². The first kappa shape index (κ1) is 18.6. The van der Waals surface area contributed by atoms with Gasteiger partial charge in [-0.2, -0.15) is 5.10 Å². The second kappa shape index (κ2) is 8.94. The maximum atomic E-state index is 6.17. The fourth-order valence-corrected chi connectivity index (χ4v) is 2.88. The zero-order chi connectivity index (χ0) is 17.5. The van der Waals surface area contributed by atoms with Crippen molar-refractivity contribution in [2.24, 2.45) is 4.99 Å². The smallest absolute Gasteiger partial charge is 0.191 e. The van der Waals surface area contributed by atoms with Crippen molar-refractivity contribution in [3.63, 3.8) is 0 Å². The molecule has 2 aromatic rings.